The summed E-state index contributed by atoms with van der Waals surface area (Å²) >= 11 is 2.01. The standard InChI is InChI=1S/C16H19FOS/c1-2-14(18)16-13(9-12-7-8-15(16)19-12)10-3-5-11(17)6-4-10/h3-6,12-13,15-16H,2,7-9H2,1H3/t12?,13-,15-,16-/m1/s1. The van der Waals surface area contributed by atoms with Gasteiger partial charge in [-0.1, -0.05) is 19.1 Å². The van der Waals surface area contributed by atoms with Gasteiger partial charge in [-0.25, -0.2) is 4.39 Å². The van der Waals surface area contributed by atoms with Crippen LogP contribution in [0.2, 0.25) is 0 Å². The summed E-state index contributed by atoms with van der Waals surface area (Å²) in [5.41, 5.74) is 1.14. The Hall–Kier alpha value is -0.830. The normalized spacial score (nSPS) is 33.4. The molecular formula is C16H19FOS. The topological polar surface area (TPSA) is 17.1 Å². The Morgan fingerprint density at radius 3 is 2.74 bits per heavy atom. The highest BCUT2D eigenvalue weighted by atomic mass is 32.2. The van der Waals surface area contributed by atoms with E-state index in [0.29, 0.717) is 28.6 Å². The molecule has 0 aliphatic carbocycles. The quantitative estimate of drug-likeness (QED) is 0.825. The fraction of sp³-hybridized carbons (Fsp3) is 0.562. The molecule has 2 bridgehead atoms. The molecule has 4 atom stereocenters. The molecule has 0 spiro atoms. The van der Waals surface area contributed by atoms with E-state index < -0.39 is 0 Å². The number of thioether (sulfide) groups is 1. The van der Waals surface area contributed by atoms with Crippen molar-refractivity contribution < 1.29 is 9.18 Å². The average Bonchev–Trinajstić information content (AvgIpc) is 2.80. The minimum absolute atomic E-state index is 0.138. The Labute approximate surface area is 118 Å². The van der Waals surface area contributed by atoms with Gasteiger partial charge in [0.25, 0.3) is 0 Å². The third-order valence-corrected chi connectivity index (χ3v) is 6.20. The van der Waals surface area contributed by atoms with Crippen LogP contribution in [-0.2, 0) is 4.79 Å². The molecule has 2 aliphatic rings. The van der Waals surface area contributed by atoms with Crippen molar-refractivity contribution in [2.75, 3.05) is 0 Å². The van der Waals surface area contributed by atoms with Crippen LogP contribution in [0.5, 0.6) is 0 Å². The van der Waals surface area contributed by atoms with E-state index in [1.807, 2.05) is 30.8 Å². The number of benzene rings is 1. The van der Waals surface area contributed by atoms with Crippen LogP contribution in [0, 0.1) is 11.7 Å². The third kappa shape index (κ3) is 2.45. The molecule has 2 aliphatic heterocycles. The van der Waals surface area contributed by atoms with Crippen molar-refractivity contribution in [3.05, 3.63) is 35.6 Å². The van der Waals surface area contributed by atoms with E-state index in [9.17, 15) is 9.18 Å². The van der Waals surface area contributed by atoms with Crippen molar-refractivity contribution >= 4 is 17.5 Å². The molecule has 1 nitrogen and oxygen atoms in total. The van der Waals surface area contributed by atoms with Gasteiger partial charge in [0.05, 0.1) is 0 Å². The number of carbonyl (C=O) groups excluding carboxylic acids is 1. The predicted molar refractivity (Wildman–Crippen MR) is 76.9 cm³/mol. The number of carbonyl (C=O) groups is 1. The van der Waals surface area contributed by atoms with E-state index in [1.165, 1.54) is 25.0 Å². The average molecular weight is 278 g/mol. The van der Waals surface area contributed by atoms with Crippen LogP contribution < -0.4 is 0 Å². The maximum Gasteiger partial charge on any atom is 0.137 e. The highest BCUT2D eigenvalue weighted by molar-refractivity contribution is 8.00. The molecule has 3 heteroatoms. The van der Waals surface area contributed by atoms with E-state index in [0.717, 1.165) is 12.0 Å². The number of rotatable bonds is 3. The largest absolute Gasteiger partial charge is 0.299 e. The molecule has 0 aromatic heterocycles. The Morgan fingerprint density at radius 1 is 1.32 bits per heavy atom. The van der Waals surface area contributed by atoms with Crippen LogP contribution in [0.1, 0.15) is 44.1 Å². The van der Waals surface area contributed by atoms with Gasteiger partial charge in [0, 0.05) is 22.8 Å². The second-order valence-electron chi connectivity index (χ2n) is 5.61. The van der Waals surface area contributed by atoms with Gasteiger partial charge in [-0.3, -0.25) is 4.79 Å². The summed E-state index contributed by atoms with van der Waals surface area (Å²) < 4.78 is 13.1. The minimum Gasteiger partial charge on any atom is -0.299 e. The maximum atomic E-state index is 13.1. The molecular weight excluding hydrogens is 259 g/mol. The summed E-state index contributed by atoms with van der Waals surface area (Å²) in [6.07, 6.45) is 4.09. The lowest BCUT2D eigenvalue weighted by Crippen LogP contribution is -2.34. The van der Waals surface area contributed by atoms with E-state index >= 15 is 0 Å². The Bertz CT molecular complexity index is 470. The molecule has 19 heavy (non-hydrogen) atoms. The molecule has 0 radical (unpaired) electrons. The van der Waals surface area contributed by atoms with Gasteiger partial charge < -0.3 is 0 Å². The zero-order chi connectivity index (χ0) is 13.4. The molecule has 0 N–H and O–H groups in total. The monoisotopic (exact) mass is 278 g/mol. The van der Waals surface area contributed by atoms with Crippen molar-refractivity contribution in [3.8, 4) is 0 Å². The van der Waals surface area contributed by atoms with Gasteiger partial charge in [-0.05, 0) is 42.9 Å². The van der Waals surface area contributed by atoms with Gasteiger partial charge in [0.1, 0.15) is 11.6 Å². The van der Waals surface area contributed by atoms with Gasteiger partial charge in [0.15, 0.2) is 0 Å². The Morgan fingerprint density at radius 2 is 2.05 bits per heavy atom. The number of hydrogen-bond donors (Lipinski definition) is 0. The molecule has 0 amide bonds. The summed E-state index contributed by atoms with van der Waals surface area (Å²) in [5.74, 6) is 0.619. The Kier molecular flexibility index (Phi) is 3.66. The summed E-state index contributed by atoms with van der Waals surface area (Å²) in [4.78, 5) is 12.3. The zero-order valence-corrected chi connectivity index (χ0v) is 12.0. The van der Waals surface area contributed by atoms with Crippen LogP contribution in [0.25, 0.3) is 0 Å². The molecule has 1 unspecified atom stereocenters. The molecule has 3 rings (SSSR count). The first-order valence-electron chi connectivity index (χ1n) is 7.12. The number of halogens is 1. The second-order valence-corrected chi connectivity index (χ2v) is 7.16. The lowest BCUT2D eigenvalue weighted by Gasteiger charge is -2.35. The first-order chi connectivity index (χ1) is 9.19. The SMILES string of the molecule is CCC(=O)[C@H]1[C@@H](c2ccc(F)cc2)CC2CC[C@H]1S2. The molecule has 2 heterocycles. The first kappa shape index (κ1) is 13.2. The lowest BCUT2D eigenvalue weighted by molar-refractivity contribution is -0.123. The van der Waals surface area contributed by atoms with Gasteiger partial charge >= 0.3 is 0 Å². The first-order valence-corrected chi connectivity index (χ1v) is 8.07. The molecule has 1 aromatic rings. The van der Waals surface area contributed by atoms with E-state index in [-0.39, 0.29) is 11.7 Å². The van der Waals surface area contributed by atoms with Crippen LogP contribution in [-0.4, -0.2) is 16.3 Å². The highest BCUT2D eigenvalue weighted by Gasteiger charge is 2.45. The van der Waals surface area contributed by atoms with Gasteiger partial charge in [-0.15, -0.1) is 0 Å². The number of hydrogen-bond acceptors (Lipinski definition) is 2. The van der Waals surface area contributed by atoms with Crippen molar-refractivity contribution in [1.29, 1.82) is 0 Å². The van der Waals surface area contributed by atoms with Crippen molar-refractivity contribution in [2.45, 2.75) is 49.0 Å². The summed E-state index contributed by atoms with van der Waals surface area (Å²) in [5, 5.41) is 1.18. The maximum absolute atomic E-state index is 13.1. The number of ketones is 1. The number of fused-ring (bicyclic) bond motifs is 2. The Balaban J connectivity index is 1.92. The fourth-order valence-electron chi connectivity index (χ4n) is 3.58. The summed E-state index contributed by atoms with van der Waals surface area (Å²) in [7, 11) is 0. The molecule has 0 saturated carbocycles. The van der Waals surface area contributed by atoms with Crippen LogP contribution in [0.3, 0.4) is 0 Å². The van der Waals surface area contributed by atoms with Crippen molar-refractivity contribution in [1.82, 2.24) is 0 Å². The summed E-state index contributed by atoms with van der Waals surface area (Å²) in [6.45, 7) is 1.95. The van der Waals surface area contributed by atoms with Crippen molar-refractivity contribution in [2.24, 2.45) is 5.92 Å². The second kappa shape index (κ2) is 5.28. The lowest BCUT2D eigenvalue weighted by atomic mass is 9.78. The van der Waals surface area contributed by atoms with E-state index in [1.54, 1.807) is 0 Å². The molecule has 2 fully saturated rings. The molecule has 1 aromatic carbocycles. The van der Waals surface area contributed by atoms with Crippen LogP contribution >= 0.6 is 11.8 Å². The zero-order valence-electron chi connectivity index (χ0n) is 11.1. The van der Waals surface area contributed by atoms with E-state index in [2.05, 4.69) is 0 Å². The predicted octanol–water partition coefficient (Wildman–Crippen LogP) is 4.17. The minimum atomic E-state index is -0.199. The smallest absolute Gasteiger partial charge is 0.137 e. The third-order valence-electron chi connectivity index (χ3n) is 4.51. The van der Waals surface area contributed by atoms with Crippen LogP contribution in [0.15, 0.2) is 24.3 Å². The van der Waals surface area contributed by atoms with Crippen molar-refractivity contribution in [3.63, 3.8) is 0 Å². The summed E-state index contributed by atoms with van der Waals surface area (Å²) in [6, 6.07) is 6.77. The molecule has 2 saturated heterocycles. The number of Topliss-reactive ketones (excluding diaryl/α,β-unsaturated/α-hetero) is 1. The fourth-order valence-corrected chi connectivity index (χ4v) is 5.45. The molecule has 102 valence electrons. The highest BCUT2D eigenvalue weighted by Crippen LogP contribution is 2.53. The van der Waals surface area contributed by atoms with Crippen LogP contribution in [0.4, 0.5) is 4.39 Å². The van der Waals surface area contributed by atoms with Gasteiger partial charge in [0.2, 0.25) is 0 Å². The van der Waals surface area contributed by atoms with E-state index in [4.69, 9.17) is 0 Å². The van der Waals surface area contributed by atoms with Gasteiger partial charge in [-0.2, -0.15) is 11.8 Å².